The van der Waals surface area contributed by atoms with Gasteiger partial charge in [-0.1, -0.05) is 36.0 Å². The van der Waals surface area contributed by atoms with Gasteiger partial charge in [-0.05, 0) is 54.1 Å². The van der Waals surface area contributed by atoms with Crippen molar-refractivity contribution in [3.8, 4) is 28.6 Å². The summed E-state index contributed by atoms with van der Waals surface area (Å²) >= 11 is 1.58. The van der Waals surface area contributed by atoms with Crippen molar-refractivity contribution in [1.82, 2.24) is 14.8 Å². The fraction of sp³-hybridized carbons (Fsp3) is 0.0909. The van der Waals surface area contributed by atoms with Crippen LogP contribution in [0.25, 0.3) is 17.1 Å². The van der Waals surface area contributed by atoms with Gasteiger partial charge in [0.25, 0.3) is 0 Å². The van der Waals surface area contributed by atoms with Crippen molar-refractivity contribution in [2.45, 2.75) is 10.9 Å². The fourth-order valence-corrected chi connectivity index (χ4v) is 4.03. The van der Waals surface area contributed by atoms with Crippen LogP contribution in [0.1, 0.15) is 5.56 Å². The molecule has 144 valence electrons. The molecule has 1 aromatic heterocycles. The predicted molar refractivity (Wildman–Crippen MR) is 109 cm³/mol. The Morgan fingerprint density at radius 1 is 0.897 bits per heavy atom. The lowest BCUT2D eigenvalue weighted by molar-refractivity contribution is 0.174. The molecule has 1 aliphatic rings. The van der Waals surface area contributed by atoms with Crippen LogP contribution in [0, 0.1) is 5.82 Å². The molecule has 0 spiro atoms. The van der Waals surface area contributed by atoms with Gasteiger partial charge in [0.15, 0.2) is 22.5 Å². The van der Waals surface area contributed by atoms with Crippen LogP contribution in [0.5, 0.6) is 11.5 Å². The van der Waals surface area contributed by atoms with Crippen molar-refractivity contribution in [1.29, 1.82) is 0 Å². The Kier molecular flexibility index (Phi) is 4.65. The van der Waals surface area contributed by atoms with Gasteiger partial charge in [-0.25, -0.2) is 4.39 Å². The molecule has 4 aromatic rings. The van der Waals surface area contributed by atoms with Crippen LogP contribution < -0.4 is 9.47 Å². The third-order valence-corrected chi connectivity index (χ3v) is 5.56. The average molecular weight is 405 g/mol. The first kappa shape index (κ1) is 17.8. The molecule has 2 heterocycles. The van der Waals surface area contributed by atoms with Gasteiger partial charge >= 0.3 is 0 Å². The summed E-state index contributed by atoms with van der Waals surface area (Å²) in [6.45, 7) is 0.259. The second-order valence-corrected chi connectivity index (χ2v) is 7.40. The number of thioether (sulfide) groups is 1. The van der Waals surface area contributed by atoms with Crippen molar-refractivity contribution < 1.29 is 13.9 Å². The van der Waals surface area contributed by atoms with Crippen molar-refractivity contribution >= 4 is 11.8 Å². The number of hydrogen-bond acceptors (Lipinski definition) is 5. The van der Waals surface area contributed by atoms with Crippen LogP contribution in [-0.4, -0.2) is 21.6 Å². The molecule has 29 heavy (non-hydrogen) atoms. The fourth-order valence-electron chi connectivity index (χ4n) is 3.14. The van der Waals surface area contributed by atoms with Crippen molar-refractivity contribution in [2.75, 3.05) is 6.79 Å². The highest BCUT2D eigenvalue weighted by molar-refractivity contribution is 7.98. The number of ether oxygens (including phenoxy) is 2. The smallest absolute Gasteiger partial charge is 0.231 e. The summed E-state index contributed by atoms with van der Waals surface area (Å²) < 4.78 is 26.2. The maximum Gasteiger partial charge on any atom is 0.231 e. The predicted octanol–water partition coefficient (Wildman–Crippen LogP) is 5.09. The van der Waals surface area contributed by atoms with Crippen LogP contribution in [0.4, 0.5) is 4.39 Å². The molecule has 0 atom stereocenters. The van der Waals surface area contributed by atoms with Crippen LogP contribution in [0.3, 0.4) is 0 Å². The van der Waals surface area contributed by atoms with Crippen LogP contribution in [0.15, 0.2) is 78.0 Å². The monoisotopic (exact) mass is 405 g/mol. The number of hydrogen-bond donors (Lipinski definition) is 0. The van der Waals surface area contributed by atoms with Gasteiger partial charge in [0, 0.05) is 17.0 Å². The van der Waals surface area contributed by atoms with E-state index < -0.39 is 0 Å². The molecule has 0 N–H and O–H groups in total. The van der Waals surface area contributed by atoms with E-state index in [1.54, 1.807) is 23.9 Å². The van der Waals surface area contributed by atoms with E-state index in [-0.39, 0.29) is 12.6 Å². The standard InChI is InChI=1S/C22H16FN3O2S/c23-17-9-7-16(8-10-17)21-24-25-22(26(21)18-4-2-1-3-5-18)29-13-15-6-11-19-20(12-15)28-14-27-19/h1-12H,13-14H2. The first-order valence-corrected chi connectivity index (χ1v) is 10.0. The van der Waals surface area contributed by atoms with E-state index in [0.29, 0.717) is 11.6 Å². The van der Waals surface area contributed by atoms with Crippen molar-refractivity contribution in [2.24, 2.45) is 0 Å². The summed E-state index contributed by atoms with van der Waals surface area (Å²) in [6.07, 6.45) is 0. The number of fused-ring (bicyclic) bond motifs is 1. The Labute approximate surface area is 171 Å². The largest absolute Gasteiger partial charge is 0.454 e. The molecule has 7 heteroatoms. The minimum atomic E-state index is -0.281. The minimum absolute atomic E-state index is 0.259. The maximum atomic E-state index is 13.4. The van der Waals surface area contributed by atoms with Gasteiger partial charge in [-0.15, -0.1) is 10.2 Å². The van der Waals surface area contributed by atoms with E-state index in [4.69, 9.17) is 9.47 Å². The highest BCUT2D eigenvalue weighted by Crippen LogP contribution is 2.35. The molecule has 0 saturated carbocycles. The Balaban J connectivity index is 1.48. The summed E-state index contributed by atoms with van der Waals surface area (Å²) in [7, 11) is 0. The Bertz CT molecular complexity index is 1150. The third-order valence-electron chi connectivity index (χ3n) is 4.56. The first-order valence-electron chi connectivity index (χ1n) is 9.06. The van der Waals surface area contributed by atoms with E-state index in [1.807, 2.05) is 53.1 Å². The summed E-state index contributed by atoms with van der Waals surface area (Å²) in [5.74, 6) is 2.62. The third kappa shape index (κ3) is 3.56. The quantitative estimate of drug-likeness (QED) is 0.433. The molecule has 5 nitrogen and oxygen atoms in total. The van der Waals surface area contributed by atoms with Gasteiger partial charge < -0.3 is 9.47 Å². The lowest BCUT2D eigenvalue weighted by atomic mass is 10.2. The van der Waals surface area contributed by atoms with E-state index >= 15 is 0 Å². The number of aromatic nitrogens is 3. The van der Waals surface area contributed by atoms with E-state index in [1.165, 1.54) is 12.1 Å². The van der Waals surface area contributed by atoms with Gasteiger partial charge in [0.2, 0.25) is 6.79 Å². The van der Waals surface area contributed by atoms with Crippen LogP contribution in [0.2, 0.25) is 0 Å². The maximum absolute atomic E-state index is 13.4. The first-order chi connectivity index (χ1) is 14.3. The molecule has 0 bridgehead atoms. The van der Waals surface area contributed by atoms with Gasteiger partial charge in [-0.3, -0.25) is 4.57 Å². The minimum Gasteiger partial charge on any atom is -0.454 e. The summed E-state index contributed by atoms with van der Waals surface area (Å²) in [4.78, 5) is 0. The average Bonchev–Trinajstić information content (AvgIpc) is 3.40. The second-order valence-electron chi connectivity index (χ2n) is 6.46. The molecule has 0 saturated heterocycles. The van der Waals surface area contributed by atoms with Crippen LogP contribution >= 0.6 is 11.8 Å². The second kappa shape index (κ2) is 7.60. The number of benzene rings is 3. The highest BCUT2D eigenvalue weighted by atomic mass is 32.2. The van der Waals surface area contributed by atoms with Gasteiger partial charge in [0.05, 0.1) is 0 Å². The molecule has 0 radical (unpaired) electrons. The van der Waals surface area contributed by atoms with E-state index in [9.17, 15) is 4.39 Å². The molecule has 0 unspecified atom stereocenters. The summed E-state index contributed by atoms with van der Waals surface area (Å²) in [6, 6.07) is 22.1. The Morgan fingerprint density at radius 2 is 1.69 bits per heavy atom. The Morgan fingerprint density at radius 3 is 2.52 bits per heavy atom. The topological polar surface area (TPSA) is 49.2 Å². The summed E-state index contributed by atoms with van der Waals surface area (Å²) in [5.41, 5.74) is 2.85. The molecular formula is C22H16FN3O2S. The van der Waals surface area contributed by atoms with Gasteiger partial charge in [-0.2, -0.15) is 0 Å². The molecule has 0 fully saturated rings. The molecule has 0 aliphatic carbocycles. The van der Waals surface area contributed by atoms with Gasteiger partial charge in [0.1, 0.15) is 5.82 Å². The van der Waals surface area contributed by atoms with Crippen LogP contribution in [-0.2, 0) is 5.75 Å². The Hall–Kier alpha value is -3.32. The number of rotatable bonds is 5. The lowest BCUT2D eigenvalue weighted by Crippen LogP contribution is -1.99. The zero-order valence-corrected chi connectivity index (χ0v) is 16.1. The normalized spacial score (nSPS) is 12.3. The van der Waals surface area contributed by atoms with Crippen molar-refractivity contribution in [3.63, 3.8) is 0 Å². The lowest BCUT2D eigenvalue weighted by Gasteiger charge is -2.10. The number of nitrogens with zero attached hydrogens (tertiary/aromatic N) is 3. The summed E-state index contributed by atoms with van der Waals surface area (Å²) in [5, 5.41) is 9.55. The SMILES string of the molecule is Fc1ccc(-c2nnc(SCc3ccc4c(c3)OCO4)n2-c2ccccc2)cc1. The zero-order chi connectivity index (χ0) is 19.6. The number of halogens is 1. The zero-order valence-electron chi connectivity index (χ0n) is 15.3. The van der Waals surface area contributed by atoms with E-state index in [0.717, 1.165) is 33.5 Å². The highest BCUT2D eigenvalue weighted by Gasteiger charge is 2.17. The molecular weight excluding hydrogens is 389 g/mol. The molecule has 3 aromatic carbocycles. The molecule has 0 amide bonds. The van der Waals surface area contributed by atoms with E-state index in [2.05, 4.69) is 10.2 Å². The molecule has 1 aliphatic heterocycles. The van der Waals surface area contributed by atoms with Crippen molar-refractivity contribution in [3.05, 3.63) is 84.2 Å². The number of para-hydroxylation sites is 1. The molecule has 5 rings (SSSR count).